The first-order valence-corrected chi connectivity index (χ1v) is 7.89. The Bertz CT molecular complexity index is 802. The van der Waals surface area contributed by atoms with Gasteiger partial charge >= 0.3 is 6.18 Å². The molecule has 0 saturated carbocycles. The van der Waals surface area contributed by atoms with Crippen molar-refractivity contribution in [3.63, 3.8) is 0 Å². The number of nitrogens with one attached hydrogen (secondary N) is 2. The number of benzene rings is 1. The van der Waals surface area contributed by atoms with Gasteiger partial charge in [0.05, 0.1) is 11.3 Å². The molecule has 0 saturated heterocycles. The van der Waals surface area contributed by atoms with Gasteiger partial charge in [-0.05, 0) is 49.7 Å². The van der Waals surface area contributed by atoms with Crippen molar-refractivity contribution in [2.45, 2.75) is 25.4 Å². The van der Waals surface area contributed by atoms with Crippen molar-refractivity contribution < 1.29 is 13.2 Å². The van der Waals surface area contributed by atoms with E-state index in [0.717, 1.165) is 37.1 Å². The summed E-state index contributed by atoms with van der Waals surface area (Å²) in [6.45, 7) is 0.758. The molecular formula is C15H13ClF3N3S. The maximum Gasteiger partial charge on any atom is 0.416 e. The molecular weight excluding hydrogens is 347 g/mol. The Morgan fingerprint density at radius 3 is 2.74 bits per heavy atom. The number of alkyl halides is 3. The van der Waals surface area contributed by atoms with Crippen LogP contribution in [0.3, 0.4) is 0 Å². The van der Waals surface area contributed by atoms with E-state index >= 15 is 0 Å². The van der Waals surface area contributed by atoms with E-state index in [2.05, 4.69) is 15.3 Å². The molecule has 2 aromatic rings. The smallest absolute Gasteiger partial charge is 0.370 e. The molecule has 0 radical (unpaired) electrons. The summed E-state index contributed by atoms with van der Waals surface area (Å²) in [6.07, 6.45) is -1.86. The standard InChI is InChI=1S/C15H13ClF3N3S/c16-11-5-4-8(15(17,18)19)7-10(11)12-9-3-1-2-6-20-13(9)22-14(23)21-12/h4-5,7H,1-3,6H2,(H2,20,21,22,23). The number of aromatic amines is 1. The van der Waals surface area contributed by atoms with Crippen molar-refractivity contribution >= 4 is 29.6 Å². The first-order valence-electron chi connectivity index (χ1n) is 7.10. The topological polar surface area (TPSA) is 40.7 Å². The predicted octanol–water partition coefficient (Wildman–Crippen LogP) is 5.23. The Kier molecular flexibility index (Phi) is 4.33. The minimum Gasteiger partial charge on any atom is -0.370 e. The fourth-order valence-corrected chi connectivity index (χ4v) is 3.05. The zero-order valence-electron chi connectivity index (χ0n) is 11.9. The first-order chi connectivity index (χ1) is 10.9. The molecule has 2 heterocycles. The van der Waals surface area contributed by atoms with Crippen LogP contribution in [-0.4, -0.2) is 16.5 Å². The summed E-state index contributed by atoms with van der Waals surface area (Å²) >= 11 is 11.3. The van der Waals surface area contributed by atoms with Crippen molar-refractivity contribution in [1.82, 2.24) is 9.97 Å². The Morgan fingerprint density at radius 1 is 1.22 bits per heavy atom. The highest BCUT2D eigenvalue weighted by Crippen LogP contribution is 2.38. The zero-order chi connectivity index (χ0) is 16.6. The molecule has 3 nitrogen and oxygen atoms in total. The van der Waals surface area contributed by atoms with Gasteiger partial charge in [-0.3, -0.25) is 0 Å². The van der Waals surface area contributed by atoms with Crippen LogP contribution in [0.25, 0.3) is 11.3 Å². The highest BCUT2D eigenvalue weighted by Gasteiger charge is 2.31. The quantitative estimate of drug-likeness (QED) is 0.685. The molecule has 0 fully saturated rings. The molecule has 0 unspecified atom stereocenters. The number of nitrogens with zero attached hydrogens (tertiary/aromatic N) is 1. The van der Waals surface area contributed by atoms with Crippen molar-refractivity contribution in [2.24, 2.45) is 0 Å². The van der Waals surface area contributed by atoms with Crippen LogP contribution in [0.5, 0.6) is 0 Å². The molecule has 0 bridgehead atoms. The van der Waals surface area contributed by atoms with Gasteiger partial charge in [0.1, 0.15) is 5.82 Å². The molecule has 1 aromatic heterocycles. The first kappa shape index (κ1) is 16.3. The summed E-state index contributed by atoms with van der Waals surface area (Å²) in [5, 5.41) is 3.41. The molecule has 0 spiro atoms. The van der Waals surface area contributed by atoms with Crippen LogP contribution in [0.2, 0.25) is 5.02 Å². The number of anilines is 1. The van der Waals surface area contributed by atoms with E-state index in [0.29, 0.717) is 17.9 Å². The van der Waals surface area contributed by atoms with Crippen LogP contribution >= 0.6 is 23.8 Å². The maximum atomic E-state index is 13.0. The second-order valence-electron chi connectivity index (χ2n) is 5.32. The van der Waals surface area contributed by atoms with Crippen molar-refractivity contribution in [3.05, 3.63) is 39.1 Å². The average molecular weight is 360 g/mol. The summed E-state index contributed by atoms with van der Waals surface area (Å²) < 4.78 is 39.2. The lowest BCUT2D eigenvalue weighted by molar-refractivity contribution is -0.137. The summed E-state index contributed by atoms with van der Waals surface area (Å²) in [5.41, 5.74) is 0.862. The zero-order valence-corrected chi connectivity index (χ0v) is 13.5. The average Bonchev–Trinajstić information content (AvgIpc) is 2.71. The number of hydrogen-bond acceptors (Lipinski definition) is 3. The van der Waals surface area contributed by atoms with Gasteiger partial charge in [-0.25, -0.2) is 4.98 Å². The molecule has 0 amide bonds. The summed E-state index contributed by atoms with van der Waals surface area (Å²) in [7, 11) is 0. The monoisotopic (exact) mass is 359 g/mol. The number of halogens is 4. The van der Waals surface area contributed by atoms with E-state index in [1.165, 1.54) is 6.07 Å². The van der Waals surface area contributed by atoms with Crippen LogP contribution in [0, 0.1) is 4.77 Å². The lowest BCUT2D eigenvalue weighted by Gasteiger charge is -2.15. The van der Waals surface area contributed by atoms with Gasteiger partial charge in [0.15, 0.2) is 4.77 Å². The predicted molar refractivity (Wildman–Crippen MR) is 86.3 cm³/mol. The van der Waals surface area contributed by atoms with Crippen LogP contribution in [-0.2, 0) is 12.6 Å². The van der Waals surface area contributed by atoms with Gasteiger partial charge in [-0.15, -0.1) is 0 Å². The molecule has 1 aliphatic heterocycles. The van der Waals surface area contributed by atoms with Crippen LogP contribution in [0.1, 0.15) is 24.0 Å². The summed E-state index contributed by atoms with van der Waals surface area (Å²) in [5.74, 6) is 0.620. The van der Waals surface area contributed by atoms with Crippen molar-refractivity contribution in [1.29, 1.82) is 0 Å². The van der Waals surface area contributed by atoms with Gasteiger partial charge in [0, 0.05) is 22.7 Å². The largest absolute Gasteiger partial charge is 0.416 e. The third-order valence-corrected chi connectivity index (χ3v) is 4.26. The van der Waals surface area contributed by atoms with E-state index in [4.69, 9.17) is 23.8 Å². The van der Waals surface area contributed by atoms with Gasteiger partial charge in [0.25, 0.3) is 0 Å². The SMILES string of the molecule is FC(F)(F)c1ccc(Cl)c(-c2[nH]c(=S)nc3c2CCCCN3)c1. The number of H-pyrrole nitrogens is 1. The normalized spacial score (nSPS) is 14.8. The Balaban J connectivity index is 2.23. The second-order valence-corrected chi connectivity index (χ2v) is 6.11. The maximum absolute atomic E-state index is 13.0. The lowest BCUT2D eigenvalue weighted by atomic mass is 10.0. The van der Waals surface area contributed by atoms with E-state index in [-0.39, 0.29) is 15.4 Å². The molecule has 122 valence electrons. The van der Waals surface area contributed by atoms with Crippen molar-refractivity contribution in [2.75, 3.05) is 11.9 Å². The van der Waals surface area contributed by atoms with Crippen LogP contribution in [0.15, 0.2) is 18.2 Å². The molecule has 1 aromatic carbocycles. The lowest BCUT2D eigenvalue weighted by Crippen LogP contribution is -2.07. The van der Waals surface area contributed by atoms with Gasteiger partial charge in [0.2, 0.25) is 0 Å². The fraction of sp³-hybridized carbons (Fsp3) is 0.333. The molecule has 0 aliphatic carbocycles. The Morgan fingerprint density at radius 2 is 2.00 bits per heavy atom. The van der Waals surface area contributed by atoms with E-state index in [1.807, 2.05) is 0 Å². The Hall–Kier alpha value is -1.60. The number of fused-ring (bicyclic) bond motifs is 1. The van der Waals surface area contributed by atoms with Crippen molar-refractivity contribution in [3.8, 4) is 11.3 Å². The molecule has 23 heavy (non-hydrogen) atoms. The summed E-state index contributed by atoms with van der Waals surface area (Å²) in [6, 6.07) is 3.28. The molecule has 3 rings (SSSR count). The second kappa shape index (κ2) is 6.13. The van der Waals surface area contributed by atoms with Gasteiger partial charge < -0.3 is 10.3 Å². The van der Waals surface area contributed by atoms with Crippen LogP contribution in [0.4, 0.5) is 19.0 Å². The molecule has 1 aliphatic rings. The minimum absolute atomic E-state index is 0.210. The van der Waals surface area contributed by atoms with Gasteiger partial charge in [-0.2, -0.15) is 13.2 Å². The number of hydrogen-bond donors (Lipinski definition) is 2. The third kappa shape index (κ3) is 3.35. The minimum atomic E-state index is -4.43. The molecule has 2 N–H and O–H groups in total. The number of aromatic nitrogens is 2. The Labute approximate surface area is 140 Å². The highest BCUT2D eigenvalue weighted by molar-refractivity contribution is 7.71. The van der Waals surface area contributed by atoms with Crippen LogP contribution < -0.4 is 5.32 Å². The number of rotatable bonds is 1. The summed E-state index contributed by atoms with van der Waals surface area (Å²) in [4.78, 5) is 7.15. The molecule has 8 heteroatoms. The fourth-order valence-electron chi connectivity index (χ4n) is 2.64. The van der Waals surface area contributed by atoms with E-state index in [1.54, 1.807) is 0 Å². The highest BCUT2D eigenvalue weighted by atomic mass is 35.5. The van der Waals surface area contributed by atoms with E-state index < -0.39 is 11.7 Å². The van der Waals surface area contributed by atoms with Gasteiger partial charge in [-0.1, -0.05) is 11.6 Å². The molecule has 0 atom stereocenters. The third-order valence-electron chi connectivity index (χ3n) is 3.74. The van der Waals surface area contributed by atoms with E-state index in [9.17, 15) is 13.2 Å².